The Kier molecular flexibility index (Phi) is 2.50. The highest BCUT2D eigenvalue weighted by molar-refractivity contribution is 5.77. The van der Waals surface area contributed by atoms with Gasteiger partial charge in [0.2, 0.25) is 5.89 Å². The van der Waals surface area contributed by atoms with E-state index in [4.69, 9.17) is 10.2 Å². The number of oxazole rings is 1. The fourth-order valence-corrected chi connectivity index (χ4v) is 1.77. The molecule has 2 N–H and O–H groups in total. The molecule has 0 aliphatic rings. The van der Waals surface area contributed by atoms with Crippen LogP contribution in [0.3, 0.4) is 0 Å². The minimum Gasteiger partial charge on any atom is -0.438 e. The third-order valence-electron chi connectivity index (χ3n) is 3.04. The van der Waals surface area contributed by atoms with Gasteiger partial charge in [0.05, 0.1) is 5.54 Å². The Morgan fingerprint density at radius 2 is 2.06 bits per heavy atom. The van der Waals surface area contributed by atoms with E-state index in [1.54, 1.807) is 0 Å². The highest BCUT2D eigenvalue weighted by atomic mass is 16.4. The minimum absolute atomic E-state index is 0.487. The lowest BCUT2D eigenvalue weighted by molar-refractivity contribution is 0.356. The Bertz CT molecular complexity index is 526. The standard InChI is InChI=1S/C13H18N2O/c1-5-13(4,14)12-15-10-7-8(2)6-9(3)11(10)16-12/h6-7H,5,14H2,1-4H3. The Morgan fingerprint density at radius 1 is 1.38 bits per heavy atom. The molecule has 0 fully saturated rings. The van der Waals surface area contributed by atoms with Crippen LogP contribution in [0, 0.1) is 13.8 Å². The summed E-state index contributed by atoms with van der Waals surface area (Å²) in [6.45, 7) is 8.07. The number of aryl methyl sites for hydroxylation is 2. The van der Waals surface area contributed by atoms with Gasteiger partial charge in [-0.2, -0.15) is 0 Å². The molecule has 0 spiro atoms. The molecule has 1 atom stereocenters. The van der Waals surface area contributed by atoms with Crippen LogP contribution < -0.4 is 5.73 Å². The lowest BCUT2D eigenvalue weighted by Crippen LogP contribution is -2.32. The van der Waals surface area contributed by atoms with E-state index in [0.29, 0.717) is 5.89 Å². The van der Waals surface area contributed by atoms with Gasteiger partial charge >= 0.3 is 0 Å². The first kappa shape index (κ1) is 11.1. The maximum atomic E-state index is 6.13. The van der Waals surface area contributed by atoms with E-state index in [1.165, 1.54) is 5.56 Å². The predicted octanol–water partition coefficient (Wildman–Crippen LogP) is 3.03. The smallest absolute Gasteiger partial charge is 0.215 e. The highest BCUT2D eigenvalue weighted by Gasteiger charge is 2.25. The fraction of sp³-hybridized carbons (Fsp3) is 0.462. The van der Waals surface area contributed by atoms with Gasteiger partial charge in [-0.3, -0.25) is 0 Å². The maximum Gasteiger partial charge on any atom is 0.215 e. The third kappa shape index (κ3) is 1.71. The van der Waals surface area contributed by atoms with E-state index < -0.39 is 5.54 Å². The van der Waals surface area contributed by atoms with Crippen molar-refractivity contribution >= 4 is 11.1 Å². The molecule has 0 aliphatic heterocycles. The van der Waals surface area contributed by atoms with Gasteiger partial charge in [-0.25, -0.2) is 4.98 Å². The van der Waals surface area contributed by atoms with E-state index in [1.807, 2.05) is 26.8 Å². The second-order valence-electron chi connectivity index (χ2n) is 4.72. The zero-order chi connectivity index (χ0) is 11.9. The summed E-state index contributed by atoms with van der Waals surface area (Å²) in [6.07, 6.45) is 0.803. The molecule has 2 rings (SSSR count). The molecular formula is C13H18N2O. The van der Waals surface area contributed by atoms with E-state index in [-0.39, 0.29) is 0 Å². The van der Waals surface area contributed by atoms with Crippen LogP contribution in [0.15, 0.2) is 16.5 Å². The average molecular weight is 218 g/mol. The lowest BCUT2D eigenvalue weighted by atomic mass is 10.0. The molecule has 1 heterocycles. The first-order valence-electron chi connectivity index (χ1n) is 5.61. The first-order chi connectivity index (χ1) is 7.44. The molecule has 0 radical (unpaired) electrons. The van der Waals surface area contributed by atoms with Crippen molar-refractivity contribution in [3.63, 3.8) is 0 Å². The van der Waals surface area contributed by atoms with Crippen molar-refractivity contribution in [2.75, 3.05) is 0 Å². The SMILES string of the molecule is CCC(C)(N)c1nc2cc(C)cc(C)c2o1. The number of nitrogens with zero attached hydrogens (tertiary/aromatic N) is 1. The zero-order valence-electron chi connectivity index (χ0n) is 10.3. The van der Waals surface area contributed by atoms with Crippen LogP contribution >= 0.6 is 0 Å². The van der Waals surface area contributed by atoms with E-state index in [9.17, 15) is 0 Å². The summed E-state index contributed by atoms with van der Waals surface area (Å²) in [7, 11) is 0. The van der Waals surface area contributed by atoms with Gasteiger partial charge in [0.1, 0.15) is 5.52 Å². The fourth-order valence-electron chi connectivity index (χ4n) is 1.77. The van der Waals surface area contributed by atoms with Crippen LogP contribution in [-0.4, -0.2) is 4.98 Å². The second-order valence-corrected chi connectivity index (χ2v) is 4.72. The van der Waals surface area contributed by atoms with E-state index >= 15 is 0 Å². The summed E-state index contributed by atoms with van der Waals surface area (Å²) in [5.41, 5.74) is 9.71. The van der Waals surface area contributed by atoms with Crippen molar-refractivity contribution in [2.24, 2.45) is 5.73 Å². The van der Waals surface area contributed by atoms with Crippen molar-refractivity contribution in [2.45, 2.75) is 39.7 Å². The second kappa shape index (κ2) is 3.59. The molecule has 0 saturated carbocycles. The molecule has 86 valence electrons. The van der Waals surface area contributed by atoms with Crippen LogP contribution in [0.2, 0.25) is 0 Å². The number of aromatic nitrogens is 1. The Labute approximate surface area is 95.7 Å². The molecule has 0 amide bonds. The van der Waals surface area contributed by atoms with Crippen LogP contribution in [0.5, 0.6) is 0 Å². The van der Waals surface area contributed by atoms with Crippen molar-refractivity contribution in [3.8, 4) is 0 Å². The molecule has 1 aromatic carbocycles. The minimum atomic E-state index is -0.487. The van der Waals surface area contributed by atoms with Gasteiger partial charge in [0.25, 0.3) is 0 Å². The summed E-state index contributed by atoms with van der Waals surface area (Å²) < 4.78 is 5.77. The molecule has 1 unspecified atom stereocenters. The number of fused-ring (bicyclic) bond motifs is 1. The zero-order valence-corrected chi connectivity index (χ0v) is 10.3. The van der Waals surface area contributed by atoms with Crippen molar-refractivity contribution in [1.82, 2.24) is 4.98 Å². The number of hydrogen-bond donors (Lipinski definition) is 1. The average Bonchev–Trinajstić information content (AvgIpc) is 2.62. The molecule has 2 aromatic rings. The topological polar surface area (TPSA) is 52.0 Å². The van der Waals surface area contributed by atoms with Crippen molar-refractivity contribution < 1.29 is 4.42 Å². The number of nitrogens with two attached hydrogens (primary N) is 1. The quantitative estimate of drug-likeness (QED) is 0.843. The van der Waals surface area contributed by atoms with Gasteiger partial charge in [-0.05, 0) is 44.4 Å². The van der Waals surface area contributed by atoms with Gasteiger partial charge in [-0.15, -0.1) is 0 Å². The van der Waals surface area contributed by atoms with Crippen LogP contribution in [0.1, 0.15) is 37.3 Å². The largest absolute Gasteiger partial charge is 0.438 e. The third-order valence-corrected chi connectivity index (χ3v) is 3.04. The highest BCUT2D eigenvalue weighted by Crippen LogP contribution is 2.27. The lowest BCUT2D eigenvalue weighted by Gasteiger charge is -2.17. The monoisotopic (exact) mass is 218 g/mol. The molecule has 1 aromatic heterocycles. The van der Waals surface area contributed by atoms with E-state index in [2.05, 4.69) is 18.0 Å². The summed E-state index contributed by atoms with van der Waals surface area (Å²) >= 11 is 0. The van der Waals surface area contributed by atoms with E-state index in [0.717, 1.165) is 23.1 Å². The number of hydrogen-bond acceptors (Lipinski definition) is 3. The van der Waals surface area contributed by atoms with Crippen molar-refractivity contribution in [3.05, 3.63) is 29.2 Å². The summed E-state index contributed by atoms with van der Waals surface area (Å²) in [4.78, 5) is 4.49. The van der Waals surface area contributed by atoms with Crippen LogP contribution in [0.4, 0.5) is 0 Å². The van der Waals surface area contributed by atoms with Gasteiger partial charge < -0.3 is 10.2 Å². The summed E-state index contributed by atoms with van der Waals surface area (Å²) in [5, 5.41) is 0. The number of rotatable bonds is 2. The van der Waals surface area contributed by atoms with Gasteiger partial charge in [0.15, 0.2) is 5.58 Å². The molecule has 0 bridgehead atoms. The van der Waals surface area contributed by atoms with Crippen LogP contribution in [-0.2, 0) is 5.54 Å². The molecule has 0 saturated heterocycles. The van der Waals surface area contributed by atoms with Gasteiger partial charge in [-0.1, -0.05) is 13.0 Å². The predicted molar refractivity (Wildman–Crippen MR) is 65.3 cm³/mol. The molecule has 16 heavy (non-hydrogen) atoms. The Morgan fingerprint density at radius 3 is 2.69 bits per heavy atom. The van der Waals surface area contributed by atoms with Gasteiger partial charge in [0, 0.05) is 0 Å². The maximum absolute atomic E-state index is 6.13. The molecule has 3 nitrogen and oxygen atoms in total. The normalized spacial score (nSPS) is 15.3. The van der Waals surface area contributed by atoms with Crippen LogP contribution in [0.25, 0.3) is 11.1 Å². The first-order valence-corrected chi connectivity index (χ1v) is 5.61. The summed E-state index contributed by atoms with van der Waals surface area (Å²) in [6, 6.07) is 4.12. The Hall–Kier alpha value is -1.35. The summed E-state index contributed by atoms with van der Waals surface area (Å²) in [5.74, 6) is 0.624. The van der Waals surface area contributed by atoms with Crippen molar-refractivity contribution in [1.29, 1.82) is 0 Å². The molecule has 3 heteroatoms. The number of benzene rings is 1. The Balaban J connectivity index is 2.65. The molecular weight excluding hydrogens is 200 g/mol. The molecule has 0 aliphatic carbocycles.